The molecule has 0 amide bonds. The van der Waals surface area contributed by atoms with Gasteiger partial charge in [-0.15, -0.1) is 11.8 Å². The van der Waals surface area contributed by atoms with Gasteiger partial charge in [0.05, 0.1) is 26.2 Å². The van der Waals surface area contributed by atoms with Gasteiger partial charge in [0.2, 0.25) is 0 Å². The summed E-state index contributed by atoms with van der Waals surface area (Å²) in [6.45, 7) is 66.0. The van der Waals surface area contributed by atoms with Gasteiger partial charge in [0.15, 0.2) is 0 Å². The summed E-state index contributed by atoms with van der Waals surface area (Å²) in [6, 6.07) is 0. The van der Waals surface area contributed by atoms with Crippen LogP contribution >= 0.6 is 11.8 Å². The third kappa shape index (κ3) is 877. The quantitative estimate of drug-likeness (QED) is 0.0678. The third-order valence-electron chi connectivity index (χ3n) is 6.80. The van der Waals surface area contributed by atoms with Crippen molar-refractivity contribution in [2.75, 3.05) is 141 Å². The topological polar surface area (TPSA) is 102 Å². The molecule has 0 aromatic heterocycles. The number of ether oxygens (including phenoxy) is 5. The predicted molar refractivity (Wildman–Crippen MR) is 433 cm³/mol. The van der Waals surface area contributed by atoms with E-state index in [9.17, 15) is 8.42 Å². The first-order valence-corrected chi connectivity index (χ1v) is 35.5. The third-order valence-corrected chi connectivity index (χ3v) is 6.80. The zero-order valence-electron chi connectivity index (χ0n) is 65.8. The summed E-state index contributed by atoms with van der Waals surface area (Å²) < 4.78 is 42.2. The SMILES string of the molecule is C.C.C.C.CC#CC.CC=CC.CC=CC.CC=CN(C)CC.CC=COCC.CC=NC.CCC.CCC.CCC.CCC=COC.CCCC.CCCC.CCCOC.CCN(C)CC.CCN(C)CC.CCOC.COC.CS(C)(=O)=O.CSC. The highest BCUT2D eigenvalue weighted by Gasteiger charge is 1.82. The second-order valence-corrected chi connectivity index (χ2v) is 19.6. The Morgan fingerprint density at radius 3 is 0.750 bits per heavy atom. The maximum Gasteiger partial charge on any atom is 0.144 e. The first-order valence-electron chi connectivity index (χ1n) is 31.5. The average Bonchev–Trinajstić information content (AvgIpc) is 3.49. The largest absolute Gasteiger partial charge is 0.505 e. The van der Waals surface area contributed by atoms with Crippen LogP contribution in [0.3, 0.4) is 0 Å². The van der Waals surface area contributed by atoms with Crippen LogP contribution in [0.25, 0.3) is 0 Å². The number of aliphatic imine (C=N–C) groups is 1. The maximum absolute atomic E-state index is 9.63. The average molecular weight is 1320 g/mol. The fourth-order valence-corrected chi connectivity index (χ4v) is 1.40. The lowest BCUT2D eigenvalue weighted by atomic mass is 10.4. The van der Waals surface area contributed by atoms with Crippen LogP contribution in [0, 0.1) is 11.8 Å². The minimum absolute atomic E-state index is 0. The molecule has 13 heteroatoms. The number of rotatable bonds is 15. The van der Waals surface area contributed by atoms with E-state index in [2.05, 4.69) is 191 Å². The molecule has 558 valence electrons. The Kier molecular flexibility index (Phi) is 427. The Bertz CT molecular complexity index is 1010. The van der Waals surface area contributed by atoms with Gasteiger partial charge in [0, 0.05) is 74.8 Å². The van der Waals surface area contributed by atoms with E-state index in [4.69, 9.17) is 9.47 Å². The van der Waals surface area contributed by atoms with Crippen molar-refractivity contribution >= 4 is 27.8 Å². The molecule has 0 saturated carbocycles. The van der Waals surface area contributed by atoms with E-state index < -0.39 is 9.84 Å². The minimum Gasteiger partial charge on any atom is -0.505 e. The molecule has 0 aliphatic heterocycles. The molecule has 0 fully saturated rings. The lowest BCUT2D eigenvalue weighted by Crippen LogP contribution is -2.15. The van der Waals surface area contributed by atoms with Crippen molar-refractivity contribution in [3.8, 4) is 11.8 Å². The van der Waals surface area contributed by atoms with Crippen molar-refractivity contribution < 1.29 is 32.1 Å². The number of hydrogen-bond acceptors (Lipinski definition) is 12. The highest BCUT2D eigenvalue weighted by Crippen LogP contribution is 1.80. The van der Waals surface area contributed by atoms with Crippen molar-refractivity contribution in [3.63, 3.8) is 0 Å². The number of allylic oxidation sites excluding steroid dienone is 7. The molecule has 0 bridgehead atoms. The summed E-state index contributed by atoms with van der Waals surface area (Å²) in [5, 5.41) is 0. The lowest BCUT2D eigenvalue weighted by molar-refractivity contribution is 0.199. The van der Waals surface area contributed by atoms with Crippen LogP contribution in [0.1, 0.15) is 281 Å². The van der Waals surface area contributed by atoms with Gasteiger partial charge in [-0.3, -0.25) is 0 Å². The van der Waals surface area contributed by atoms with Gasteiger partial charge < -0.3 is 43.4 Å². The van der Waals surface area contributed by atoms with E-state index in [1.807, 2.05) is 131 Å². The molecule has 0 aliphatic rings. The van der Waals surface area contributed by atoms with Crippen LogP contribution < -0.4 is 0 Å². The number of methoxy groups -OCH3 is 4. The molecule has 11 nitrogen and oxygen atoms in total. The lowest BCUT2D eigenvalue weighted by Gasteiger charge is -2.07. The van der Waals surface area contributed by atoms with Gasteiger partial charge in [0.1, 0.15) is 9.84 Å². The van der Waals surface area contributed by atoms with E-state index in [0.29, 0.717) is 0 Å². The van der Waals surface area contributed by atoms with Gasteiger partial charge in [-0.2, -0.15) is 11.8 Å². The second kappa shape index (κ2) is 241. The van der Waals surface area contributed by atoms with Gasteiger partial charge >= 0.3 is 0 Å². The molecule has 0 atom stereocenters. The van der Waals surface area contributed by atoms with Crippen molar-refractivity contribution in [2.24, 2.45) is 4.99 Å². The summed E-state index contributed by atoms with van der Waals surface area (Å²) in [4.78, 5) is 10.2. The first-order chi connectivity index (χ1) is 39.6. The molecule has 0 aliphatic carbocycles. The molecule has 0 aromatic carbocycles. The summed E-state index contributed by atoms with van der Waals surface area (Å²) in [5.74, 6) is 5.36. The van der Waals surface area contributed by atoms with Gasteiger partial charge in [-0.1, -0.05) is 228 Å². The van der Waals surface area contributed by atoms with E-state index >= 15 is 0 Å². The maximum atomic E-state index is 9.63. The summed E-state index contributed by atoms with van der Waals surface area (Å²) >= 11 is 1.75. The monoisotopic (exact) mass is 1320 g/mol. The standard InChI is InChI=1S/C6H13N.2C5H13N.2C5H10O.C4H10O.2C4H10.2C4H8.C4H6.C3H7N.C3H8O.3C3H8.C2H6O2S.C2H6O.C2H6S.4CH4/c1-4-6-7(3)5-2;2*1-4-6(3)5-2;1-3-4-5-6-2;1-3-5-6-4-2;1-3-4-5-2;7*1-3-4-2;3*1-3-2;1-5(2,3)4;2*1-3-2;;;;/h4,6H,5H2,1-3H3;2*4-5H2,1-3H3;4-5H,3H2,1-2H3;3,5H,4H2,1-2H3;3-4H2,1-2H3;2*3-4H2,1-2H3;2*3-4H,1-2H3;1-2H3;3H,1-2H3;3H2,1-2H3;3*3H2,1-2H3;1-2H3;2*1-2H3;4*1H4. The molecular weight excluding hydrogens is 1130 g/mol. The van der Waals surface area contributed by atoms with Gasteiger partial charge in [0.25, 0.3) is 0 Å². The van der Waals surface area contributed by atoms with Crippen molar-refractivity contribution in [3.05, 3.63) is 61.3 Å². The highest BCUT2D eigenvalue weighted by molar-refractivity contribution is 7.97. The zero-order valence-corrected chi connectivity index (χ0v) is 67.5. The Morgan fingerprint density at radius 2 is 0.716 bits per heavy atom. The zero-order chi connectivity index (χ0) is 71.4. The van der Waals surface area contributed by atoms with Crippen LogP contribution in [0.4, 0.5) is 0 Å². The molecule has 0 rings (SSSR count). The number of unbranched alkanes of at least 4 members (excludes halogenated alkanes) is 2. The van der Waals surface area contributed by atoms with Gasteiger partial charge in [-0.05, 0) is 161 Å². The van der Waals surface area contributed by atoms with E-state index in [1.54, 1.807) is 73.1 Å². The molecular formula is C75H184N4O7S2. The first kappa shape index (κ1) is 156. The number of nitrogens with zero attached hydrogens (tertiary/aromatic N) is 4. The van der Waals surface area contributed by atoms with Crippen molar-refractivity contribution in [1.29, 1.82) is 0 Å². The van der Waals surface area contributed by atoms with E-state index in [1.165, 1.54) is 44.9 Å². The molecule has 0 aromatic rings. The van der Waals surface area contributed by atoms with Crippen LogP contribution in [-0.4, -0.2) is 171 Å². The Morgan fingerprint density at radius 1 is 0.466 bits per heavy atom. The number of sulfone groups is 1. The molecule has 0 unspecified atom stereocenters. The summed E-state index contributed by atoms with van der Waals surface area (Å²) in [7, 11) is 13.6. The highest BCUT2D eigenvalue weighted by atomic mass is 32.2. The smallest absolute Gasteiger partial charge is 0.144 e. The normalized spacial score (nSPS) is 8.12. The van der Waals surface area contributed by atoms with Crippen molar-refractivity contribution in [1.82, 2.24) is 14.7 Å². The molecule has 88 heavy (non-hydrogen) atoms. The Balaban J connectivity index is -0.0000000242. The fourth-order valence-electron chi connectivity index (χ4n) is 1.40. The van der Waals surface area contributed by atoms with Crippen LogP contribution in [0.2, 0.25) is 0 Å². The summed E-state index contributed by atoms with van der Waals surface area (Å²) in [5.41, 5.74) is 0. The van der Waals surface area contributed by atoms with Crippen LogP contribution in [-0.2, 0) is 33.5 Å². The van der Waals surface area contributed by atoms with Gasteiger partial charge in [-0.25, -0.2) is 8.42 Å². The molecule has 0 heterocycles. The second-order valence-electron chi connectivity index (χ2n) is 16.5. The van der Waals surface area contributed by atoms with E-state index in [-0.39, 0.29) is 29.7 Å². The summed E-state index contributed by atoms with van der Waals surface area (Å²) in [6.07, 6.45) is 38.6. The molecule has 0 saturated heterocycles. The molecule has 0 N–H and O–H groups in total. The molecule has 0 radical (unpaired) electrons. The minimum atomic E-state index is -2.67. The van der Waals surface area contributed by atoms with E-state index in [0.717, 1.165) is 77.9 Å². The van der Waals surface area contributed by atoms with Crippen molar-refractivity contribution in [2.45, 2.75) is 281 Å². The van der Waals surface area contributed by atoms with Crippen LogP contribution in [0.15, 0.2) is 66.2 Å². The Labute approximate surface area is 572 Å². The Hall–Kier alpha value is -2.57. The fraction of sp³-hybridized carbons (Fsp3) is 0.827. The molecule has 0 spiro atoms. The predicted octanol–water partition coefficient (Wildman–Crippen LogP) is 24.4. The number of thioether (sulfide) groups is 1. The number of hydrogen-bond donors (Lipinski definition) is 0. The van der Waals surface area contributed by atoms with Crippen LogP contribution in [0.5, 0.6) is 0 Å².